The van der Waals surface area contributed by atoms with Crippen LogP contribution in [0.3, 0.4) is 0 Å². The van der Waals surface area contributed by atoms with E-state index in [0.29, 0.717) is 10.2 Å². The predicted molar refractivity (Wildman–Crippen MR) is 84.5 cm³/mol. The zero-order chi connectivity index (χ0) is 14.3. The van der Waals surface area contributed by atoms with Crippen LogP contribution in [-0.4, -0.2) is 10.2 Å². The lowest BCUT2D eigenvalue weighted by Crippen LogP contribution is -1.95. The Bertz CT molecular complexity index is 787. The van der Waals surface area contributed by atoms with E-state index in [-0.39, 0.29) is 0 Å². The number of fused-ring (bicyclic) bond motifs is 1. The summed E-state index contributed by atoms with van der Waals surface area (Å²) < 4.78 is 0. The van der Waals surface area contributed by atoms with Crippen molar-refractivity contribution in [1.29, 1.82) is 0 Å². The molecule has 0 N–H and O–H groups in total. The first-order chi connectivity index (χ1) is 9.58. The van der Waals surface area contributed by atoms with Crippen molar-refractivity contribution < 1.29 is 0 Å². The summed E-state index contributed by atoms with van der Waals surface area (Å²) in [6, 6.07) is 11.7. The Balaban J connectivity index is 2.40. The molecule has 3 aromatic rings. The van der Waals surface area contributed by atoms with Crippen molar-refractivity contribution in [3.63, 3.8) is 0 Å². The Morgan fingerprint density at radius 3 is 2.00 bits per heavy atom. The lowest BCUT2D eigenvalue weighted by atomic mass is 9.98. The SMILES string of the molecule is Cc1ccc(C)c2c(-c3ccc(Cl)cc3)nnc(Cl)c12. The summed E-state index contributed by atoms with van der Waals surface area (Å²) in [7, 11) is 0. The standard InChI is InChI=1S/C16H12Cl2N2/c1-9-3-4-10(2)14-13(9)15(19-20-16(14)18)11-5-7-12(17)8-6-11/h3-8H,1-2H3. The van der Waals surface area contributed by atoms with Crippen molar-refractivity contribution in [3.8, 4) is 11.3 Å². The van der Waals surface area contributed by atoms with E-state index >= 15 is 0 Å². The van der Waals surface area contributed by atoms with E-state index in [1.807, 2.05) is 31.2 Å². The maximum atomic E-state index is 6.22. The summed E-state index contributed by atoms with van der Waals surface area (Å²) in [6.45, 7) is 4.08. The molecule has 1 heterocycles. The first-order valence-electron chi connectivity index (χ1n) is 6.26. The molecule has 0 bridgehead atoms. The van der Waals surface area contributed by atoms with Gasteiger partial charge in [0.25, 0.3) is 0 Å². The molecule has 0 aliphatic heterocycles. The van der Waals surface area contributed by atoms with Crippen LogP contribution in [0, 0.1) is 13.8 Å². The van der Waals surface area contributed by atoms with E-state index in [0.717, 1.165) is 33.2 Å². The van der Waals surface area contributed by atoms with Crippen molar-refractivity contribution in [2.75, 3.05) is 0 Å². The first-order valence-corrected chi connectivity index (χ1v) is 7.01. The van der Waals surface area contributed by atoms with Gasteiger partial charge in [0.15, 0.2) is 5.15 Å². The van der Waals surface area contributed by atoms with Crippen LogP contribution in [0.15, 0.2) is 36.4 Å². The van der Waals surface area contributed by atoms with Gasteiger partial charge >= 0.3 is 0 Å². The van der Waals surface area contributed by atoms with Gasteiger partial charge in [-0.25, -0.2) is 0 Å². The van der Waals surface area contributed by atoms with Gasteiger partial charge in [0.05, 0.1) is 0 Å². The Hall–Kier alpha value is -1.64. The molecule has 0 amide bonds. The molecular weight excluding hydrogens is 291 g/mol. The molecular formula is C16H12Cl2N2. The quantitative estimate of drug-likeness (QED) is 0.616. The average molecular weight is 303 g/mol. The normalized spacial score (nSPS) is 11.0. The van der Waals surface area contributed by atoms with E-state index in [9.17, 15) is 0 Å². The highest BCUT2D eigenvalue weighted by Crippen LogP contribution is 2.34. The third kappa shape index (κ3) is 2.15. The molecule has 0 saturated heterocycles. The minimum Gasteiger partial charge on any atom is -0.148 e. The van der Waals surface area contributed by atoms with Crippen molar-refractivity contribution >= 4 is 34.0 Å². The van der Waals surface area contributed by atoms with Crippen LogP contribution < -0.4 is 0 Å². The Morgan fingerprint density at radius 2 is 1.35 bits per heavy atom. The number of aromatic nitrogens is 2. The van der Waals surface area contributed by atoms with Crippen LogP contribution in [0.25, 0.3) is 22.0 Å². The second kappa shape index (κ2) is 5.04. The minimum atomic E-state index is 0.443. The maximum absolute atomic E-state index is 6.22. The molecule has 3 rings (SSSR count). The fourth-order valence-corrected chi connectivity index (χ4v) is 2.79. The van der Waals surface area contributed by atoms with Crippen LogP contribution in [-0.2, 0) is 0 Å². The van der Waals surface area contributed by atoms with E-state index in [1.54, 1.807) is 0 Å². The summed E-state index contributed by atoms with van der Waals surface area (Å²) in [6.07, 6.45) is 0. The number of rotatable bonds is 1. The fourth-order valence-electron chi connectivity index (χ4n) is 2.39. The Labute approximate surface area is 127 Å². The number of benzene rings is 2. The Kier molecular flexibility index (Phi) is 3.36. The fraction of sp³-hybridized carbons (Fsp3) is 0.125. The largest absolute Gasteiger partial charge is 0.159 e. The molecule has 2 nitrogen and oxygen atoms in total. The van der Waals surface area contributed by atoms with E-state index in [4.69, 9.17) is 23.2 Å². The molecule has 0 unspecified atom stereocenters. The van der Waals surface area contributed by atoms with Gasteiger partial charge in [-0.3, -0.25) is 0 Å². The molecule has 0 radical (unpaired) electrons. The number of hydrogen-bond acceptors (Lipinski definition) is 2. The predicted octanol–water partition coefficient (Wildman–Crippen LogP) is 5.22. The van der Waals surface area contributed by atoms with Crippen LogP contribution in [0.5, 0.6) is 0 Å². The molecule has 2 aromatic carbocycles. The molecule has 1 aromatic heterocycles. The summed E-state index contributed by atoms with van der Waals surface area (Å²) in [4.78, 5) is 0. The molecule has 0 aliphatic carbocycles. The van der Waals surface area contributed by atoms with Gasteiger partial charge in [0, 0.05) is 21.4 Å². The van der Waals surface area contributed by atoms with Gasteiger partial charge in [0.2, 0.25) is 0 Å². The van der Waals surface area contributed by atoms with Gasteiger partial charge in [-0.1, -0.05) is 47.5 Å². The first kappa shape index (κ1) is 13.3. The maximum Gasteiger partial charge on any atom is 0.159 e. The van der Waals surface area contributed by atoms with E-state index in [1.165, 1.54) is 0 Å². The van der Waals surface area contributed by atoms with Gasteiger partial charge in [0.1, 0.15) is 5.69 Å². The van der Waals surface area contributed by atoms with Crippen LogP contribution in [0.2, 0.25) is 10.2 Å². The van der Waals surface area contributed by atoms with Gasteiger partial charge < -0.3 is 0 Å². The molecule has 0 saturated carbocycles. The molecule has 0 aliphatic rings. The van der Waals surface area contributed by atoms with Crippen LogP contribution in [0.4, 0.5) is 0 Å². The minimum absolute atomic E-state index is 0.443. The van der Waals surface area contributed by atoms with Gasteiger partial charge in [-0.15, -0.1) is 10.2 Å². The second-order valence-corrected chi connectivity index (χ2v) is 5.59. The van der Waals surface area contributed by atoms with E-state index < -0.39 is 0 Å². The smallest absolute Gasteiger partial charge is 0.148 e. The van der Waals surface area contributed by atoms with E-state index in [2.05, 4.69) is 29.3 Å². The summed E-state index contributed by atoms with van der Waals surface area (Å²) in [5.41, 5.74) is 4.05. The lowest BCUT2D eigenvalue weighted by molar-refractivity contribution is 1.05. The van der Waals surface area contributed by atoms with Crippen molar-refractivity contribution in [3.05, 3.63) is 57.7 Å². The summed E-state index contributed by atoms with van der Waals surface area (Å²) >= 11 is 12.2. The zero-order valence-corrected chi connectivity index (χ0v) is 12.6. The van der Waals surface area contributed by atoms with Crippen LogP contribution in [0.1, 0.15) is 11.1 Å². The van der Waals surface area contributed by atoms with Crippen molar-refractivity contribution in [2.45, 2.75) is 13.8 Å². The second-order valence-electron chi connectivity index (χ2n) is 4.80. The number of hydrogen-bond donors (Lipinski definition) is 0. The lowest BCUT2D eigenvalue weighted by Gasteiger charge is -2.11. The Morgan fingerprint density at radius 1 is 0.750 bits per heavy atom. The van der Waals surface area contributed by atoms with Crippen molar-refractivity contribution in [2.24, 2.45) is 0 Å². The zero-order valence-electron chi connectivity index (χ0n) is 11.1. The topological polar surface area (TPSA) is 25.8 Å². The molecule has 20 heavy (non-hydrogen) atoms. The molecule has 0 fully saturated rings. The third-order valence-electron chi connectivity index (χ3n) is 3.42. The highest BCUT2D eigenvalue weighted by molar-refractivity contribution is 6.35. The molecule has 0 spiro atoms. The van der Waals surface area contributed by atoms with Gasteiger partial charge in [-0.2, -0.15) is 0 Å². The highest BCUT2D eigenvalue weighted by Gasteiger charge is 2.13. The number of halogens is 2. The summed E-state index contributed by atoms with van der Waals surface area (Å²) in [5, 5.41) is 11.5. The van der Waals surface area contributed by atoms with Gasteiger partial charge in [-0.05, 0) is 37.1 Å². The summed E-state index contributed by atoms with van der Waals surface area (Å²) in [5.74, 6) is 0. The number of aryl methyl sites for hydroxylation is 2. The average Bonchev–Trinajstić information content (AvgIpc) is 2.44. The molecule has 4 heteroatoms. The highest BCUT2D eigenvalue weighted by atomic mass is 35.5. The van der Waals surface area contributed by atoms with Crippen LogP contribution >= 0.6 is 23.2 Å². The third-order valence-corrected chi connectivity index (χ3v) is 3.94. The molecule has 100 valence electrons. The number of nitrogens with zero attached hydrogens (tertiary/aromatic N) is 2. The molecule has 0 atom stereocenters. The van der Waals surface area contributed by atoms with Crippen molar-refractivity contribution in [1.82, 2.24) is 10.2 Å². The monoisotopic (exact) mass is 302 g/mol.